The maximum Gasteiger partial charge on any atom is 0.244 e. The van der Waals surface area contributed by atoms with Gasteiger partial charge in [-0.1, -0.05) is 59.6 Å². The zero-order valence-electron chi connectivity index (χ0n) is 21.2. The van der Waals surface area contributed by atoms with Crippen LogP contribution < -0.4 is 14.4 Å². The van der Waals surface area contributed by atoms with Crippen LogP contribution in [0.3, 0.4) is 0 Å². The molecule has 202 valence electrons. The van der Waals surface area contributed by atoms with E-state index in [4.69, 9.17) is 27.9 Å². The average molecular weight is 579 g/mol. The largest absolute Gasteiger partial charge is 0.489 e. The lowest BCUT2D eigenvalue weighted by molar-refractivity contribution is -0.139. The van der Waals surface area contributed by atoms with Crippen LogP contribution in [0.15, 0.2) is 72.8 Å². The zero-order valence-corrected chi connectivity index (χ0v) is 23.6. The quantitative estimate of drug-likeness (QED) is 0.362. The fourth-order valence-electron chi connectivity index (χ4n) is 3.71. The number of anilines is 1. The van der Waals surface area contributed by atoms with E-state index in [-0.39, 0.29) is 12.2 Å². The van der Waals surface area contributed by atoms with E-state index in [0.29, 0.717) is 28.0 Å². The lowest BCUT2D eigenvalue weighted by Gasteiger charge is -2.31. The number of carbonyl (C=O) groups excluding carboxylic acids is 2. The Balaban J connectivity index is 1.84. The summed E-state index contributed by atoms with van der Waals surface area (Å²) in [6.07, 6.45) is 1.01. The SMILES string of the molecule is CNC(=O)[C@@H](C)N(Cc1c(Cl)cccc1Cl)C(=O)CN(c1ccc(OCc2ccccc2)cc1)S(C)(=O)=O. The number of halogens is 2. The first-order valence-electron chi connectivity index (χ1n) is 11.7. The summed E-state index contributed by atoms with van der Waals surface area (Å²) in [4.78, 5) is 27.2. The highest BCUT2D eigenvalue weighted by molar-refractivity contribution is 7.92. The van der Waals surface area contributed by atoms with Gasteiger partial charge >= 0.3 is 0 Å². The molecule has 1 atom stereocenters. The second kappa shape index (κ2) is 13.0. The van der Waals surface area contributed by atoms with Crippen LogP contribution in [-0.4, -0.2) is 51.0 Å². The van der Waals surface area contributed by atoms with Crippen molar-refractivity contribution in [1.29, 1.82) is 0 Å². The minimum atomic E-state index is -3.86. The van der Waals surface area contributed by atoms with E-state index in [1.165, 1.54) is 11.9 Å². The van der Waals surface area contributed by atoms with Gasteiger partial charge < -0.3 is 15.0 Å². The minimum Gasteiger partial charge on any atom is -0.489 e. The molecule has 0 aliphatic carbocycles. The van der Waals surface area contributed by atoms with Gasteiger partial charge in [-0.25, -0.2) is 8.42 Å². The van der Waals surface area contributed by atoms with Gasteiger partial charge in [-0.05, 0) is 48.9 Å². The first kappa shape index (κ1) is 29.3. The van der Waals surface area contributed by atoms with Crippen molar-refractivity contribution < 1.29 is 22.7 Å². The highest BCUT2D eigenvalue weighted by Crippen LogP contribution is 2.27. The molecule has 0 spiro atoms. The minimum absolute atomic E-state index is 0.0875. The van der Waals surface area contributed by atoms with Gasteiger partial charge in [-0.3, -0.25) is 13.9 Å². The van der Waals surface area contributed by atoms with Crippen LogP contribution in [0.2, 0.25) is 10.0 Å². The van der Waals surface area contributed by atoms with Gasteiger partial charge in [0.05, 0.1) is 11.9 Å². The molecular weight excluding hydrogens is 549 g/mol. The number of hydrogen-bond acceptors (Lipinski definition) is 5. The Morgan fingerprint density at radius 3 is 2.11 bits per heavy atom. The summed E-state index contributed by atoms with van der Waals surface area (Å²) >= 11 is 12.6. The molecule has 11 heteroatoms. The summed E-state index contributed by atoms with van der Waals surface area (Å²) in [7, 11) is -2.41. The first-order valence-corrected chi connectivity index (χ1v) is 14.3. The standard InChI is InChI=1S/C27H29Cl2N3O5S/c1-19(27(34)30-2)31(16-23-24(28)10-7-11-25(23)29)26(33)17-32(38(3,35)36)21-12-14-22(15-13-21)37-18-20-8-5-4-6-9-20/h4-15,19H,16-18H2,1-3H3,(H,30,34)/t19-/m1/s1. The lowest BCUT2D eigenvalue weighted by Crippen LogP contribution is -2.50. The molecule has 0 saturated heterocycles. The van der Waals surface area contributed by atoms with Crippen molar-refractivity contribution >= 4 is 50.7 Å². The summed E-state index contributed by atoms with van der Waals surface area (Å²) in [5.41, 5.74) is 1.71. The molecule has 0 fully saturated rings. The predicted molar refractivity (Wildman–Crippen MR) is 150 cm³/mol. The predicted octanol–water partition coefficient (Wildman–Crippen LogP) is 4.50. The van der Waals surface area contributed by atoms with Crippen molar-refractivity contribution in [3.05, 3.63) is 94.0 Å². The van der Waals surface area contributed by atoms with Gasteiger partial charge in [0, 0.05) is 29.2 Å². The number of amides is 2. The van der Waals surface area contributed by atoms with E-state index < -0.39 is 34.4 Å². The number of carbonyl (C=O) groups is 2. The first-order chi connectivity index (χ1) is 18.0. The summed E-state index contributed by atoms with van der Waals surface area (Å²) in [6.45, 7) is 1.28. The molecule has 0 unspecified atom stereocenters. The Hall–Kier alpha value is -3.27. The summed E-state index contributed by atoms with van der Waals surface area (Å²) in [5, 5.41) is 3.16. The van der Waals surface area contributed by atoms with E-state index in [1.54, 1.807) is 49.4 Å². The second-order valence-corrected chi connectivity index (χ2v) is 11.3. The molecule has 0 aliphatic rings. The lowest BCUT2D eigenvalue weighted by atomic mass is 10.1. The molecule has 0 aliphatic heterocycles. The van der Waals surface area contributed by atoms with Crippen molar-refractivity contribution in [2.75, 3.05) is 24.2 Å². The van der Waals surface area contributed by atoms with Crippen molar-refractivity contribution in [2.24, 2.45) is 0 Å². The average Bonchev–Trinajstić information content (AvgIpc) is 2.90. The van der Waals surface area contributed by atoms with Gasteiger partial charge in [0.25, 0.3) is 0 Å². The Kier molecular flexibility index (Phi) is 10.0. The van der Waals surface area contributed by atoms with Gasteiger partial charge in [0.15, 0.2) is 0 Å². The van der Waals surface area contributed by atoms with Gasteiger partial charge in [0.2, 0.25) is 21.8 Å². The van der Waals surface area contributed by atoms with Gasteiger partial charge in [-0.2, -0.15) is 0 Å². The molecule has 1 N–H and O–H groups in total. The van der Waals surface area contributed by atoms with Crippen molar-refractivity contribution in [3.63, 3.8) is 0 Å². The third-order valence-corrected chi connectivity index (χ3v) is 7.70. The summed E-state index contributed by atoms with van der Waals surface area (Å²) < 4.78 is 32.2. The third-order valence-electron chi connectivity index (χ3n) is 5.86. The fourth-order valence-corrected chi connectivity index (χ4v) is 5.08. The highest BCUT2D eigenvalue weighted by Gasteiger charge is 2.30. The second-order valence-electron chi connectivity index (χ2n) is 8.55. The number of benzene rings is 3. The molecule has 0 aromatic heterocycles. The third kappa shape index (κ3) is 7.63. The number of likely N-dealkylation sites (N-methyl/N-ethyl adjacent to an activating group) is 1. The number of sulfonamides is 1. The monoisotopic (exact) mass is 577 g/mol. The van der Waals surface area contributed by atoms with Crippen molar-refractivity contribution in [3.8, 4) is 5.75 Å². The molecule has 8 nitrogen and oxygen atoms in total. The van der Waals surface area contributed by atoms with Crippen LogP contribution in [0.5, 0.6) is 5.75 Å². The number of rotatable bonds is 11. The molecule has 3 aromatic carbocycles. The molecule has 0 bridgehead atoms. The van der Waals surface area contributed by atoms with E-state index >= 15 is 0 Å². The molecule has 0 radical (unpaired) electrons. The number of nitrogens with one attached hydrogen (secondary N) is 1. The van der Waals surface area contributed by atoms with Gasteiger partial charge in [-0.15, -0.1) is 0 Å². The smallest absolute Gasteiger partial charge is 0.244 e. The van der Waals surface area contributed by atoms with Crippen LogP contribution in [0.1, 0.15) is 18.1 Å². The van der Waals surface area contributed by atoms with Crippen molar-refractivity contribution in [1.82, 2.24) is 10.2 Å². The normalized spacial score (nSPS) is 11.9. The molecular formula is C27H29Cl2N3O5S. The molecule has 3 rings (SSSR count). The molecule has 0 heterocycles. The summed E-state index contributed by atoms with van der Waals surface area (Å²) in [5.74, 6) is -0.486. The highest BCUT2D eigenvalue weighted by atomic mass is 35.5. The van der Waals surface area contributed by atoms with E-state index in [2.05, 4.69) is 5.32 Å². The van der Waals surface area contributed by atoms with E-state index in [1.807, 2.05) is 30.3 Å². The Bertz CT molecular complexity index is 1350. The number of nitrogens with zero attached hydrogens (tertiary/aromatic N) is 2. The van der Waals surface area contributed by atoms with Gasteiger partial charge in [0.1, 0.15) is 24.9 Å². The topological polar surface area (TPSA) is 96.0 Å². The molecule has 2 amide bonds. The fraction of sp³-hybridized carbons (Fsp3) is 0.259. The van der Waals surface area contributed by atoms with E-state index in [9.17, 15) is 18.0 Å². The molecule has 3 aromatic rings. The van der Waals surface area contributed by atoms with Crippen LogP contribution in [0.25, 0.3) is 0 Å². The van der Waals surface area contributed by atoms with Crippen LogP contribution in [0, 0.1) is 0 Å². The van der Waals surface area contributed by atoms with Crippen LogP contribution in [-0.2, 0) is 32.8 Å². The molecule has 38 heavy (non-hydrogen) atoms. The maximum absolute atomic E-state index is 13.5. The Morgan fingerprint density at radius 1 is 0.947 bits per heavy atom. The number of hydrogen-bond donors (Lipinski definition) is 1. The van der Waals surface area contributed by atoms with Crippen LogP contribution in [0.4, 0.5) is 5.69 Å². The molecule has 0 saturated carbocycles. The number of ether oxygens (including phenoxy) is 1. The Morgan fingerprint density at radius 2 is 1.55 bits per heavy atom. The summed E-state index contributed by atoms with van der Waals surface area (Å²) in [6, 6.07) is 20.0. The van der Waals surface area contributed by atoms with Crippen LogP contribution >= 0.6 is 23.2 Å². The van der Waals surface area contributed by atoms with Crippen molar-refractivity contribution in [2.45, 2.75) is 26.1 Å². The maximum atomic E-state index is 13.5. The Labute approximate surface area is 233 Å². The van der Waals surface area contributed by atoms with E-state index in [0.717, 1.165) is 16.1 Å². The zero-order chi connectivity index (χ0) is 27.9.